The second-order valence-electron chi connectivity index (χ2n) is 7.44. The predicted octanol–water partition coefficient (Wildman–Crippen LogP) is 2.28. The van der Waals surface area contributed by atoms with Crippen LogP contribution < -0.4 is 10.2 Å². The van der Waals surface area contributed by atoms with Crippen molar-refractivity contribution in [2.45, 2.75) is 44.7 Å². The highest BCUT2D eigenvalue weighted by Crippen LogP contribution is 2.33. The first kappa shape index (κ1) is 15.7. The molecule has 1 saturated heterocycles. The second-order valence-corrected chi connectivity index (χ2v) is 7.44. The first-order valence-electron chi connectivity index (χ1n) is 9.62. The second kappa shape index (κ2) is 6.30. The van der Waals surface area contributed by atoms with Gasteiger partial charge in [-0.1, -0.05) is 18.2 Å². The number of anilines is 2. The number of para-hydroxylation sites is 1. The van der Waals surface area contributed by atoms with Crippen LogP contribution in [-0.4, -0.2) is 51.4 Å². The molecule has 3 aliphatic rings. The summed E-state index contributed by atoms with van der Waals surface area (Å²) in [5, 5.41) is 7.37. The van der Waals surface area contributed by atoms with E-state index in [4.69, 9.17) is 0 Å². The lowest BCUT2D eigenvalue weighted by Gasteiger charge is -2.27. The standard InChI is InChI=1S/C19H24N6O/c26-19(21-18-20-17-8-3-4-11-25(17)22-18)23-9-5-10-24-15(13-23)12-14-6-1-2-7-16(14)24/h1-2,6-7,15H,3-5,8-13H2,(H,21,22,26)/t15-/m1/s1. The van der Waals surface area contributed by atoms with Crippen LogP contribution in [0.2, 0.25) is 0 Å². The number of aryl methyl sites for hydroxylation is 2. The third-order valence-electron chi connectivity index (χ3n) is 5.73. The maximum atomic E-state index is 12.8. The van der Waals surface area contributed by atoms with Crippen molar-refractivity contribution in [2.75, 3.05) is 29.9 Å². The molecule has 0 spiro atoms. The molecule has 5 rings (SSSR count). The van der Waals surface area contributed by atoms with Crippen molar-refractivity contribution in [1.82, 2.24) is 19.7 Å². The molecule has 1 fully saturated rings. The molecule has 136 valence electrons. The van der Waals surface area contributed by atoms with Crippen LogP contribution in [0.4, 0.5) is 16.4 Å². The molecule has 26 heavy (non-hydrogen) atoms. The number of urea groups is 1. The van der Waals surface area contributed by atoms with Crippen LogP contribution >= 0.6 is 0 Å². The molecule has 1 N–H and O–H groups in total. The van der Waals surface area contributed by atoms with E-state index in [2.05, 4.69) is 44.6 Å². The van der Waals surface area contributed by atoms with Crippen LogP contribution in [0.1, 0.15) is 30.7 Å². The maximum absolute atomic E-state index is 12.8. The zero-order valence-electron chi connectivity index (χ0n) is 14.9. The number of aromatic nitrogens is 3. The van der Waals surface area contributed by atoms with Gasteiger partial charge in [0.15, 0.2) is 0 Å². The number of hydrogen-bond acceptors (Lipinski definition) is 4. The fraction of sp³-hybridized carbons (Fsp3) is 0.526. The minimum atomic E-state index is -0.0780. The monoisotopic (exact) mass is 352 g/mol. The van der Waals surface area contributed by atoms with Crippen molar-refractivity contribution in [3.63, 3.8) is 0 Å². The van der Waals surface area contributed by atoms with Crippen molar-refractivity contribution in [1.29, 1.82) is 0 Å². The zero-order chi connectivity index (χ0) is 17.5. The molecule has 1 atom stereocenters. The summed E-state index contributed by atoms with van der Waals surface area (Å²) in [6.07, 6.45) is 5.22. The number of carbonyl (C=O) groups excluding carboxylic acids is 1. The van der Waals surface area contributed by atoms with Crippen LogP contribution in [0.3, 0.4) is 0 Å². The van der Waals surface area contributed by atoms with E-state index in [1.807, 2.05) is 9.58 Å². The molecule has 7 heteroatoms. The van der Waals surface area contributed by atoms with Gasteiger partial charge in [-0.15, -0.1) is 5.10 Å². The lowest BCUT2D eigenvalue weighted by atomic mass is 10.1. The molecular formula is C19H24N6O. The topological polar surface area (TPSA) is 66.3 Å². The third kappa shape index (κ3) is 2.71. The summed E-state index contributed by atoms with van der Waals surface area (Å²) in [6.45, 7) is 3.42. The van der Waals surface area contributed by atoms with E-state index in [-0.39, 0.29) is 6.03 Å². The summed E-state index contributed by atoms with van der Waals surface area (Å²) in [5.41, 5.74) is 2.73. The first-order chi connectivity index (χ1) is 12.8. The van der Waals surface area contributed by atoms with Crippen molar-refractivity contribution in [2.24, 2.45) is 0 Å². The lowest BCUT2D eigenvalue weighted by molar-refractivity contribution is 0.211. The summed E-state index contributed by atoms with van der Waals surface area (Å²) in [7, 11) is 0. The lowest BCUT2D eigenvalue weighted by Crippen LogP contribution is -2.43. The minimum absolute atomic E-state index is 0.0780. The van der Waals surface area contributed by atoms with Crippen LogP contribution in [0.25, 0.3) is 0 Å². The number of rotatable bonds is 1. The Morgan fingerprint density at radius 1 is 1.12 bits per heavy atom. The molecule has 3 aliphatic heterocycles. The van der Waals surface area contributed by atoms with Crippen molar-refractivity contribution in [3.8, 4) is 0 Å². The van der Waals surface area contributed by atoms with Gasteiger partial charge in [-0.05, 0) is 37.3 Å². The Bertz CT molecular complexity index is 808. The van der Waals surface area contributed by atoms with Crippen molar-refractivity contribution in [3.05, 3.63) is 35.7 Å². The van der Waals surface area contributed by atoms with Gasteiger partial charge in [-0.25, -0.2) is 9.48 Å². The molecule has 0 radical (unpaired) electrons. The Morgan fingerprint density at radius 3 is 2.96 bits per heavy atom. The quantitative estimate of drug-likeness (QED) is 0.855. The zero-order valence-corrected chi connectivity index (χ0v) is 14.9. The van der Waals surface area contributed by atoms with Crippen molar-refractivity contribution >= 4 is 17.7 Å². The molecule has 4 heterocycles. The molecule has 2 aromatic rings. The van der Waals surface area contributed by atoms with E-state index in [0.717, 1.165) is 64.1 Å². The summed E-state index contributed by atoms with van der Waals surface area (Å²) in [5.74, 6) is 1.43. The van der Waals surface area contributed by atoms with Gasteiger partial charge in [0.2, 0.25) is 5.95 Å². The van der Waals surface area contributed by atoms with Crippen LogP contribution in [-0.2, 0) is 19.4 Å². The number of hydrogen-bond donors (Lipinski definition) is 1. The average molecular weight is 352 g/mol. The highest BCUT2D eigenvalue weighted by atomic mass is 16.2. The normalized spacial score (nSPS) is 21.6. The fourth-order valence-corrected chi connectivity index (χ4v) is 4.46. The van der Waals surface area contributed by atoms with Gasteiger partial charge >= 0.3 is 6.03 Å². The molecular weight excluding hydrogens is 328 g/mol. The number of nitrogens with zero attached hydrogens (tertiary/aromatic N) is 5. The van der Waals surface area contributed by atoms with Crippen molar-refractivity contribution < 1.29 is 4.79 Å². The predicted molar refractivity (Wildman–Crippen MR) is 99.4 cm³/mol. The molecule has 7 nitrogen and oxygen atoms in total. The highest BCUT2D eigenvalue weighted by Gasteiger charge is 2.33. The summed E-state index contributed by atoms with van der Waals surface area (Å²) >= 11 is 0. The maximum Gasteiger partial charge on any atom is 0.324 e. The Labute approximate surface area is 153 Å². The van der Waals surface area contributed by atoms with E-state index in [9.17, 15) is 4.79 Å². The molecule has 1 aromatic carbocycles. The van der Waals surface area contributed by atoms with Crippen LogP contribution in [0, 0.1) is 0 Å². The molecule has 0 unspecified atom stereocenters. The largest absolute Gasteiger partial charge is 0.366 e. The third-order valence-corrected chi connectivity index (χ3v) is 5.73. The minimum Gasteiger partial charge on any atom is -0.366 e. The van der Waals surface area contributed by atoms with Gasteiger partial charge < -0.3 is 9.80 Å². The summed E-state index contributed by atoms with van der Waals surface area (Å²) < 4.78 is 1.93. The van der Waals surface area contributed by atoms with E-state index in [0.29, 0.717) is 12.0 Å². The van der Waals surface area contributed by atoms with E-state index >= 15 is 0 Å². The number of carbonyl (C=O) groups is 1. The summed E-state index contributed by atoms with van der Waals surface area (Å²) in [6, 6.07) is 8.89. The van der Waals surface area contributed by atoms with E-state index in [1.165, 1.54) is 11.3 Å². The van der Waals surface area contributed by atoms with Gasteiger partial charge in [-0.3, -0.25) is 5.32 Å². The van der Waals surface area contributed by atoms with Gasteiger partial charge in [0.1, 0.15) is 5.82 Å². The van der Waals surface area contributed by atoms with Gasteiger partial charge in [0.25, 0.3) is 0 Å². The highest BCUT2D eigenvalue weighted by molar-refractivity contribution is 5.87. The molecule has 2 amide bonds. The fourth-order valence-electron chi connectivity index (χ4n) is 4.46. The molecule has 1 aromatic heterocycles. The molecule has 0 aliphatic carbocycles. The number of benzene rings is 1. The van der Waals surface area contributed by atoms with E-state index < -0.39 is 0 Å². The molecule has 0 bridgehead atoms. The van der Waals surface area contributed by atoms with Gasteiger partial charge in [-0.2, -0.15) is 4.98 Å². The van der Waals surface area contributed by atoms with Gasteiger partial charge in [0, 0.05) is 38.3 Å². The van der Waals surface area contributed by atoms with Crippen LogP contribution in [0.5, 0.6) is 0 Å². The Kier molecular flexibility index (Phi) is 3.80. The summed E-state index contributed by atoms with van der Waals surface area (Å²) in [4.78, 5) is 21.7. The number of amides is 2. The SMILES string of the molecule is O=C(Nc1nc2n(n1)CCCC2)N1CCCN2c3ccccc3C[C@@H]2C1. The molecule has 0 saturated carbocycles. The first-order valence-corrected chi connectivity index (χ1v) is 9.62. The Hall–Kier alpha value is -2.57. The average Bonchev–Trinajstić information content (AvgIpc) is 3.14. The smallest absolute Gasteiger partial charge is 0.324 e. The Morgan fingerprint density at radius 2 is 2.04 bits per heavy atom. The van der Waals surface area contributed by atoms with Crippen LogP contribution in [0.15, 0.2) is 24.3 Å². The van der Waals surface area contributed by atoms with E-state index in [1.54, 1.807) is 0 Å². The number of nitrogens with one attached hydrogen (secondary N) is 1. The Balaban J connectivity index is 1.29. The number of fused-ring (bicyclic) bond motifs is 4. The van der Waals surface area contributed by atoms with Gasteiger partial charge in [0.05, 0.1) is 6.04 Å².